The van der Waals surface area contributed by atoms with Gasteiger partial charge in [-0.25, -0.2) is 0 Å². The van der Waals surface area contributed by atoms with Gasteiger partial charge in [-0.15, -0.1) is 0 Å². The Labute approximate surface area is 190 Å². The molecule has 1 aliphatic rings. The molecule has 0 spiro atoms. The van der Waals surface area contributed by atoms with Gasteiger partial charge >= 0.3 is 192 Å². The van der Waals surface area contributed by atoms with Crippen molar-refractivity contribution in [2.24, 2.45) is 28.1 Å². The molecule has 0 aliphatic heterocycles. The Morgan fingerprint density at radius 3 is 2.38 bits per heavy atom. The summed E-state index contributed by atoms with van der Waals surface area (Å²) in [5, 5.41) is 0. The first-order chi connectivity index (χ1) is 11.3. The second-order valence-corrected chi connectivity index (χ2v) is 12.8. The Morgan fingerprint density at radius 1 is 1.25 bits per heavy atom. The Balaban J connectivity index is 3.08. The number of hydrogen-bond donors (Lipinski definition) is 0. The van der Waals surface area contributed by atoms with E-state index in [1.165, 1.54) is 58.2 Å². The topological polar surface area (TPSA) is 0 Å². The summed E-state index contributed by atoms with van der Waals surface area (Å²) in [6.45, 7) is 12.7. The molecule has 0 nitrogen and oxygen atoms in total. The molecule has 0 aromatic carbocycles. The predicted octanol–water partition coefficient (Wildman–Crippen LogP) is 4.61. The number of rotatable bonds is 10. The van der Waals surface area contributed by atoms with Crippen molar-refractivity contribution >= 4 is 45.2 Å². The van der Waals surface area contributed by atoms with Crippen molar-refractivity contribution in [3.05, 3.63) is 0 Å². The van der Waals surface area contributed by atoms with Gasteiger partial charge in [0.2, 0.25) is 0 Å². The molecule has 0 aromatic rings. The van der Waals surface area contributed by atoms with E-state index in [1.54, 1.807) is 0 Å². The number of hydrogen-bond acceptors (Lipinski definition) is 0. The second kappa shape index (κ2) is 10.7. The summed E-state index contributed by atoms with van der Waals surface area (Å²) in [6.07, 6.45) is 10.0. The summed E-state index contributed by atoms with van der Waals surface area (Å²) < 4.78 is 4.19. The van der Waals surface area contributed by atoms with E-state index in [0.29, 0.717) is 37.5 Å². The van der Waals surface area contributed by atoms with Crippen LogP contribution in [-0.2, 0) is 0 Å². The molecule has 3 heteroatoms. The van der Waals surface area contributed by atoms with Gasteiger partial charge in [-0.05, 0) is 0 Å². The minimum absolute atomic E-state index is 0.452. The van der Waals surface area contributed by atoms with E-state index in [-0.39, 0.29) is 0 Å². The minimum atomic E-state index is 0.452. The molecule has 5 atom stereocenters. The molecule has 0 radical (unpaired) electrons. The molecule has 0 bridgehead atoms. The molecule has 146 valence electrons. The molecular formula is C21H40I3-. The van der Waals surface area contributed by atoms with Gasteiger partial charge in [0.15, 0.2) is 0 Å². The van der Waals surface area contributed by atoms with Crippen LogP contribution in [0, 0.1) is 28.1 Å². The first-order valence-corrected chi connectivity index (χ1v) is 16.6. The predicted molar refractivity (Wildman–Crippen MR) is 124 cm³/mol. The summed E-state index contributed by atoms with van der Waals surface area (Å²) in [5.41, 5.74) is 1.61. The van der Waals surface area contributed by atoms with Gasteiger partial charge in [0, 0.05) is 0 Å². The number of halogens is 3. The molecule has 0 heterocycles. The monoisotopic (exact) mass is 673 g/mol. The van der Waals surface area contributed by atoms with Gasteiger partial charge in [-0.2, -0.15) is 0 Å². The number of alkyl halides is 4. The summed E-state index contributed by atoms with van der Waals surface area (Å²) in [7, 11) is 0. The van der Waals surface area contributed by atoms with Gasteiger partial charge in [-0.1, -0.05) is 0 Å². The van der Waals surface area contributed by atoms with Gasteiger partial charge in [0.1, 0.15) is 0 Å². The van der Waals surface area contributed by atoms with Crippen LogP contribution in [0.2, 0.25) is 0 Å². The Bertz CT molecular complexity index is 366. The Hall–Kier alpha value is 2.19. The molecule has 0 saturated heterocycles. The third-order valence-electron chi connectivity index (χ3n) is 7.61. The zero-order valence-corrected chi connectivity index (χ0v) is 23.3. The molecule has 24 heavy (non-hydrogen) atoms. The van der Waals surface area contributed by atoms with Crippen molar-refractivity contribution in [3.63, 3.8) is 0 Å². The van der Waals surface area contributed by atoms with E-state index in [1.807, 2.05) is 0 Å². The van der Waals surface area contributed by atoms with Crippen molar-refractivity contribution in [1.82, 2.24) is 0 Å². The molecule has 1 rings (SSSR count). The third kappa shape index (κ3) is 4.96. The van der Waals surface area contributed by atoms with Crippen LogP contribution in [0.3, 0.4) is 0 Å². The molecule has 0 amide bonds. The Kier molecular flexibility index (Phi) is 10.8. The van der Waals surface area contributed by atoms with Gasteiger partial charge < -0.3 is 0 Å². The first-order valence-electron chi connectivity index (χ1n) is 9.84. The van der Waals surface area contributed by atoms with Crippen molar-refractivity contribution in [3.8, 4) is 0 Å². The fourth-order valence-corrected chi connectivity index (χ4v) is 10.5. The zero-order chi connectivity index (χ0) is 18.4. The molecule has 1 saturated carbocycles. The summed E-state index contributed by atoms with van der Waals surface area (Å²) >= 11 is 5.88. The standard InChI is InChI=1S/C21H40I3/c1-7-19(4,13-11-17(3)14-24-6)18-10-9-12-21(8-2,16-23)20(18,5)15-22/h17-18H,7-16H2,1-6H3/q-1/t17-,18-,19-,20?,21?/m1/s1. The molecule has 1 aliphatic carbocycles. The second-order valence-electron chi connectivity index (χ2n) is 8.84. The quantitative estimate of drug-likeness (QED) is 0.235. The third-order valence-corrected chi connectivity index (χ3v) is 13.0. The molecule has 0 aromatic heterocycles. The van der Waals surface area contributed by atoms with Crippen LogP contribution in [-0.4, -0.2) is 18.2 Å². The van der Waals surface area contributed by atoms with Gasteiger partial charge in [0.25, 0.3) is 0 Å². The van der Waals surface area contributed by atoms with Crippen LogP contribution in [0.1, 0.15) is 79.6 Å². The van der Waals surface area contributed by atoms with E-state index in [4.69, 9.17) is 0 Å². The van der Waals surface area contributed by atoms with Crippen LogP contribution < -0.4 is 21.2 Å². The van der Waals surface area contributed by atoms with Gasteiger partial charge in [-0.3, -0.25) is 0 Å². The van der Waals surface area contributed by atoms with Crippen LogP contribution >= 0.6 is 45.2 Å². The fraction of sp³-hybridized carbons (Fsp3) is 1.00. The van der Waals surface area contributed by atoms with Crippen LogP contribution in [0.5, 0.6) is 0 Å². The van der Waals surface area contributed by atoms with Crippen molar-refractivity contribution < 1.29 is 21.2 Å². The average molecular weight is 673 g/mol. The van der Waals surface area contributed by atoms with Crippen molar-refractivity contribution in [2.75, 3.05) is 18.2 Å². The van der Waals surface area contributed by atoms with E-state index in [9.17, 15) is 0 Å². The van der Waals surface area contributed by atoms with Crippen LogP contribution in [0.25, 0.3) is 0 Å². The summed E-state index contributed by atoms with van der Waals surface area (Å²) in [4.78, 5) is 2.44. The normalized spacial score (nSPS) is 34.9. The summed E-state index contributed by atoms with van der Waals surface area (Å²) in [6, 6.07) is 0. The van der Waals surface area contributed by atoms with E-state index >= 15 is 0 Å². The average Bonchev–Trinajstić information content (AvgIpc) is 2.60. The molecule has 1 fully saturated rings. The van der Waals surface area contributed by atoms with E-state index in [0.717, 1.165) is 11.8 Å². The van der Waals surface area contributed by atoms with Gasteiger partial charge in [0.05, 0.1) is 0 Å². The van der Waals surface area contributed by atoms with E-state index < -0.39 is 0 Å². The summed E-state index contributed by atoms with van der Waals surface area (Å²) in [5.74, 6) is 1.85. The SMILES string of the molecule is CCC1(CI)CCC[C@H]([C@](C)(CC)CC[C@@H](C)C[I-]C)C1(C)CI. The molecule has 2 unspecified atom stereocenters. The molecular weight excluding hydrogens is 633 g/mol. The zero-order valence-electron chi connectivity index (χ0n) is 16.9. The van der Waals surface area contributed by atoms with Crippen molar-refractivity contribution in [2.45, 2.75) is 79.6 Å². The first kappa shape index (κ1) is 24.2. The molecule has 0 N–H and O–H groups in total. The maximum atomic E-state index is 2.72. The maximum absolute atomic E-state index is 2.72. The van der Waals surface area contributed by atoms with Crippen LogP contribution in [0.4, 0.5) is 0 Å². The fourth-order valence-electron chi connectivity index (χ4n) is 5.38. The van der Waals surface area contributed by atoms with Crippen molar-refractivity contribution in [1.29, 1.82) is 0 Å². The van der Waals surface area contributed by atoms with E-state index in [2.05, 4.69) is 84.7 Å². The Morgan fingerprint density at radius 2 is 1.92 bits per heavy atom. The van der Waals surface area contributed by atoms with Crippen LogP contribution in [0.15, 0.2) is 0 Å².